The summed E-state index contributed by atoms with van der Waals surface area (Å²) in [5, 5.41) is 4.72. The van der Waals surface area contributed by atoms with E-state index in [0.717, 1.165) is 39.5 Å². The van der Waals surface area contributed by atoms with Crippen LogP contribution in [-0.2, 0) is 11.3 Å². The summed E-state index contributed by atoms with van der Waals surface area (Å²) in [5.41, 5.74) is 5.47. The third-order valence-corrected chi connectivity index (χ3v) is 4.13. The minimum atomic E-state index is 0.284. The highest BCUT2D eigenvalue weighted by molar-refractivity contribution is 5.70. The highest BCUT2D eigenvalue weighted by atomic mass is 16.7. The molecule has 0 radical (unpaired) electrons. The van der Waals surface area contributed by atoms with Crippen LogP contribution in [0.25, 0.3) is 28.2 Å². The van der Waals surface area contributed by atoms with Crippen LogP contribution in [0, 0.1) is 0 Å². The SMILES string of the molecule is c1cc2c(c(-c3cnc4ccc(-c5ccoc5)nn34)c1)COCO2. The van der Waals surface area contributed by atoms with Crippen LogP contribution in [0.3, 0.4) is 0 Å². The maximum absolute atomic E-state index is 5.57. The Balaban J connectivity index is 1.72. The summed E-state index contributed by atoms with van der Waals surface area (Å²) in [4.78, 5) is 4.46. The molecule has 4 heterocycles. The molecule has 6 nitrogen and oxygen atoms in total. The average molecular weight is 319 g/mol. The molecular weight excluding hydrogens is 306 g/mol. The maximum atomic E-state index is 5.57. The Kier molecular flexibility index (Phi) is 2.89. The van der Waals surface area contributed by atoms with E-state index in [2.05, 4.69) is 4.98 Å². The topological polar surface area (TPSA) is 61.8 Å². The molecule has 4 aromatic rings. The molecular formula is C18H13N3O3. The number of ether oxygens (including phenoxy) is 2. The van der Waals surface area contributed by atoms with Crippen molar-refractivity contribution in [2.24, 2.45) is 0 Å². The van der Waals surface area contributed by atoms with Gasteiger partial charge in [-0.3, -0.25) is 0 Å². The minimum absolute atomic E-state index is 0.284. The van der Waals surface area contributed by atoms with Crippen molar-refractivity contribution in [3.63, 3.8) is 0 Å². The second kappa shape index (κ2) is 5.21. The van der Waals surface area contributed by atoms with Gasteiger partial charge in [-0.25, -0.2) is 9.50 Å². The molecule has 1 aliphatic heterocycles. The first-order valence-corrected chi connectivity index (χ1v) is 7.60. The normalized spacial score (nSPS) is 13.7. The van der Waals surface area contributed by atoms with Crippen LogP contribution < -0.4 is 4.74 Å². The highest BCUT2D eigenvalue weighted by Crippen LogP contribution is 2.33. The number of hydrogen-bond acceptors (Lipinski definition) is 5. The van der Waals surface area contributed by atoms with Crippen LogP contribution in [-0.4, -0.2) is 21.4 Å². The first-order chi connectivity index (χ1) is 11.9. The minimum Gasteiger partial charge on any atom is -0.472 e. The second-order valence-electron chi connectivity index (χ2n) is 5.54. The third kappa shape index (κ3) is 2.00. The van der Waals surface area contributed by atoms with Crippen molar-refractivity contribution in [3.05, 3.63) is 60.7 Å². The van der Waals surface area contributed by atoms with Gasteiger partial charge in [-0.15, -0.1) is 0 Å². The Labute approximate surface area is 137 Å². The Hall–Kier alpha value is -3.12. The van der Waals surface area contributed by atoms with E-state index in [0.29, 0.717) is 6.61 Å². The number of imidazole rings is 1. The molecule has 5 rings (SSSR count). The molecule has 1 aliphatic rings. The molecule has 6 heteroatoms. The fraction of sp³-hybridized carbons (Fsp3) is 0.111. The summed E-state index contributed by atoms with van der Waals surface area (Å²) < 4.78 is 18.0. The number of aromatic nitrogens is 3. The van der Waals surface area contributed by atoms with Crippen molar-refractivity contribution >= 4 is 5.65 Å². The molecule has 0 unspecified atom stereocenters. The summed E-state index contributed by atoms with van der Waals surface area (Å²) in [5.74, 6) is 0.847. The molecule has 0 amide bonds. The van der Waals surface area contributed by atoms with Gasteiger partial charge in [0.15, 0.2) is 12.4 Å². The molecule has 1 aromatic carbocycles. The molecule has 0 N–H and O–H groups in total. The number of nitrogens with zero attached hydrogens (tertiary/aromatic N) is 3. The first-order valence-electron chi connectivity index (χ1n) is 7.60. The van der Waals surface area contributed by atoms with Crippen molar-refractivity contribution in [2.75, 3.05) is 6.79 Å². The summed E-state index contributed by atoms with van der Waals surface area (Å²) in [6.07, 6.45) is 5.14. The number of fused-ring (bicyclic) bond motifs is 2. The van der Waals surface area contributed by atoms with Crippen molar-refractivity contribution < 1.29 is 13.9 Å². The number of benzene rings is 1. The van der Waals surface area contributed by atoms with Crippen molar-refractivity contribution in [1.82, 2.24) is 14.6 Å². The van der Waals surface area contributed by atoms with Crippen LogP contribution in [0.5, 0.6) is 5.75 Å². The molecule has 0 atom stereocenters. The third-order valence-electron chi connectivity index (χ3n) is 4.13. The van der Waals surface area contributed by atoms with Crippen molar-refractivity contribution in [3.8, 4) is 28.3 Å². The smallest absolute Gasteiger partial charge is 0.189 e. The van der Waals surface area contributed by atoms with E-state index < -0.39 is 0 Å². The zero-order chi connectivity index (χ0) is 15.9. The Bertz CT molecular complexity index is 1020. The number of rotatable bonds is 2. The van der Waals surface area contributed by atoms with E-state index in [-0.39, 0.29) is 6.79 Å². The van der Waals surface area contributed by atoms with Crippen LogP contribution >= 0.6 is 0 Å². The summed E-state index contributed by atoms with van der Waals surface area (Å²) >= 11 is 0. The molecule has 118 valence electrons. The molecule has 0 saturated carbocycles. The Morgan fingerprint density at radius 1 is 1.08 bits per heavy atom. The first kappa shape index (κ1) is 13.3. The van der Waals surface area contributed by atoms with Crippen LogP contribution in [0.4, 0.5) is 0 Å². The van der Waals surface area contributed by atoms with Crippen LogP contribution in [0.2, 0.25) is 0 Å². The molecule has 0 spiro atoms. The number of hydrogen-bond donors (Lipinski definition) is 0. The maximum Gasteiger partial charge on any atom is 0.189 e. The van der Waals surface area contributed by atoms with E-state index in [1.807, 2.05) is 47.1 Å². The largest absolute Gasteiger partial charge is 0.472 e. The van der Waals surface area contributed by atoms with Gasteiger partial charge < -0.3 is 13.9 Å². The lowest BCUT2D eigenvalue weighted by molar-refractivity contribution is -0.0160. The van der Waals surface area contributed by atoms with E-state index in [9.17, 15) is 0 Å². The predicted octanol–water partition coefficient (Wildman–Crippen LogP) is 3.52. The summed E-state index contributed by atoms with van der Waals surface area (Å²) in [6, 6.07) is 11.7. The summed E-state index contributed by atoms with van der Waals surface area (Å²) in [6.45, 7) is 0.798. The van der Waals surface area contributed by atoms with E-state index in [1.54, 1.807) is 12.5 Å². The van der Waals surface area contributed by atoms with E-state index in [1.165, 1.54) is 0 Å². The molecule has 3 aromatic heterocycles. The fourth-order valence-electron chi connectivity index (χ4n) is 2.96. The summed E-state index contributed by atoms with van der Waals surface area (Å²) in [7, 11) is 0. The zero-order valence-corrected chi connectivity index (χ0v) is 12.7. The van der Waals surface area contributed by atoms with Crippen molar-refractivity contribution in [1.29, 1.82) is 0 Å². The second-order valence-corrected chi connectivity index (χ2v) is 5.54. The quantitative estimate of drug-likeness (QED) is 0.566. The lowest BCUT2D eigenvalue weighted by Crippen LogP contribution is -2.12. The molecule has 0 saturated heterocycles. The molecule has 0 fully saturated rings. The van der Waals surface area contributed by atoms with Gasteiger partial charge in [0.05, 0.1) is 36.7 Å². The Morgan fingerprint density at radius 3 is 3.00 bits per heavy atom. The zero-order valence-electron chi connectivity index (χ0n) is 12.7. The fourth-order valence-corrected chi connectivity index (χ4v) is 2.96. The van der Waals surface area contributed by atoms with Crippen LogP contribution in [0.15, 0.2) is 59.5 Å². The van der Waals surface area contributed by atoms with Gasteiger partial charge in [-0.1, -0.05) is 12.1 Å². The Morgan fingerprint density at radius 2 is 2.08 bits per heavy atom. The van der Waals surface area contributed by atoms with Gasteiger partial charge in [0, 0.05) is 16.7 Å². The van der Waals surface area contributed by atoms with Gasteiger partial charge in [0.25, 0.3) is 0 Å². The molecule has 0 bridgehead atoms. The lowest BCUT2D eigenvalue weighted by Gasteiger charge is -2.20. The van der Waals surface area contributed by atoms with Gasteiger partial charge in [-0.2, -0.15) is 5.10 Å². The average Bonchev–Trinajstić information content (AvgIpc) is 3.30. The van der Waals surface area contributed by atoms with Gasteiger partial charge in [-0.05, 0) is 24.3 Å². The molecule has 0 aliphatic carbocycles. The van der Waals surface area contributed by atoms with E-state index in [4.69, 9.17) is 19.0 Å². The van der Waals surface area contributed by atoms with Crippen LogP contribution in [0.1, 0.15) is 5.56 Å². The van der Waals surface area contributed by atoms with Gasteiger partial charge in [0.1, 0.15) is 5.75 Å². The highest BCUT2D eigenvalue weighted by Gasteiger charge is 2.18. The van der Waals surface area contributed by atoms with Gasteiger partial charge >= 0.3 is 0 Å². The monoisotopic (exact) mass is 319 g/mol. The van der Waals surface area contributed by atoms with Crippen molar-refractivity contribution in [2.45, 2.75) is 6.61 Å². The van der Waals surface area contributed by atoms with E-state index >= 15 is 0 Å². The lowest BCUT2D eigenvalue weighted by atomic mass is 10.0. The van der Waals surface area contributed by atoms with Gasteiger partial charge in [0.2, 0.25) is 0 Å². The standard InChI is InChI=1S/C18H13N3O3/c1-2-13(14-10-23-11-24-17(14)3-1)16-8-19-18-5-4-15(20-21(16)18)12-6-7-22-9-12/h1-9H,10-11H2. The number of furan rings is 1. The predicted molar refractivity (Wildman–Crippen MR) is 86.4 cm³/mol. The molecule has 24 heavy (non-hydrogen) atoms.